The van der Waals surface area contributed by atoms with E-state index in [9.17, 15) is 19.5 Å². The van der Waals surface area contributed by atoms with Crippen LogP contribution in [0.5, 0.6) is 5.75 Å². The molecule has 5 rings (SSSR count). The van der Waals surface area contributed by atoms with E-state index in [0.29, 0.717) is 22.5 Å². The lowest BCUT2D eigenvalue weighted by Crippen LogP contribution is -2.76. The summed E-state index contributed by atoms with van der Waals surface area (Å²) >= 11 is 13.0. The third-order valence-corrected chi connectivity index (χ3v) is 9.20. The molecule has 3 fully saturated rings. The van der Waals surface area contributed by atoms with Crippen molar-refractivity contribution in [2.24, 2.45) is 5.92 Å². The van der Waals surface area contributed by atoms with Crippen molar-refractivity contribution < 1.29 is 19.5 Å². The summed E-state index contributed by atoms with van der Waals surface area (Å²) in [5.74, 6) is 0.101. The SMILES string of the molecule is CN(C)c1c(Cl)cc(Cl)cc1CN1CC2N(C(=O)CN(C)N2C(=O)NCC2CCCCC2)[C@@H](Cc2ccc(O)cc2)C1=O. The van der Waals surface area contributed by atoms with Gasteiger partial charge in [-0.25, -0.2) is 14.8 Å². The Morgan fingerprint density at radius 1 is 1.07 bits per heavy atom. The first kappa shape index (κ1) is 31.2. The fourth-order valence-electron chi connectivity index (χ4n) is 6.65. The quantitative estimate of drug-likeness (QED) is 0.473. The largest absolute Gasteiger partial charge is 0.508 e. The number of phenolic OH excluding ortho intramolecular Hbond substituents is 1. The molecule has 0 bridgehead atoms. The Kier molecular flexibility index (Phi) is 9.58. The van der Waals surface area contributed by atoms with Crippen molar-refractivity contribution >= 4 is 46.7 Å². The molecule has 0 spiro atoms. The molecule has 3 aliphatic rings. The minimum absolute atomic E-state index is 0.0264. The number of hydrazine groups is 1. The smallest absolute Gasteiger partial charge is 0.333 e. The van der Waals surface area contributed by atoms with Crippen molar-refractivity contribution in [3.63, 3.8) is 0 Å². The van der Waals surface area contributed by atoms with Crippen molar-refractivity contribution in [3.05, 3.63) is 57.6 Å². The Labute approximate surface area is 263 Å². The molecule has 12 heteroatoms. The average Bonchev–Trinajstić information content (AvgIpc) is 2.95. The van der Waals surface area contributed by atoms with Gasteiger partial charge in [0.15, 0.2) is 0 Å². The number of likely N-dealkylation sites (N-methyl/N-ethyl adjacent to an activating group) is 1. The third kappa shape index (κ3) is 6.81. The van der Waals surface area contributed by atoms with Crippen LogP contribution in [-0.2, 0) is 22.6 Å². The predicted molar refractivity (Wildman–Crippen MR) is 167 cm³/mol. The maximum absolute atomic E-state index is 14.2. The van der Waals surface area contributed by atoms with Crippen LogP contribution >= 0.6 is 23.2 Å². The molecule has 43 heavy (non-hydrogen) atoms. The van der Waals surface area contributed by atoms with Gasteiger partial charge in [-0.05, 0) is 54.2 Å². The number of benzene rings is 2. The lowest BCUT2D eigenvalue weighted by atomic mass is 9.89. The van der Waals surface area contributed by atoms with Crippen molar-refractivity contribution in [1.82, 2.24) is 25.1 Å². The highest BCUT2D eigenvalue weighted by Crippen LogP contribution is 2.35. The number of carbonyl (C=O) groups excluding carboxylic acids is 3. The van der Waals surface area contributed by atoms with Gasteiger partial charge in [-0.2, -0.15) is 0 Å². The van der Waals surface area contributed by atoms with Gasteiger partial charge in [-0.1, -0.05) is 54.6 Å². The van der Waals surface area contributed by atoms with E-state index in [1.165, 1.54) is 19.3 Å². The first-order valence-corrected chi connectivity index (χ1v) is 15.6. The number of rotatable bonds is 7. The second-order valence-electron chi connectivity index (χ2n) is 12.0. The van der Waals surface area contributed by atoms with E-state index in [1.54, 1.807) is 63.3 Å². The van der Waals surface area contributed by atoms with E-state index < -0.39 is 12.2 Å². The van der Waals surface area contributed by atoms with Gasteiger partial charge in [0.2, 0.25) is 11.8 Å². The number of halogens is 2. The van der Waals surface area contributed by atoms with Crippen LogP contribution in [0.3, 0.4) is 0 Å². The lowest BCUT2D eigenvalue weighted by Gasteiger charge is -2.54. The Morgan fingerprint density at radius 2 is 1.77 bits per heavy atom. The van der Waals surface area contributed by atoms with Crippen molar-refractivity contribution in [2.45, 2.75) is 57.3 Å². The minimum atomic E-state index is -0.851. The van der Waals surface area contributed by atoms with Crippen LogP contribution in [0.2, 0.25) is 10.0 Å². The summed E-state index contributed by atoms with van der Waals surface area (Å²) in [6, 6.07) is 8.94. The normalized spacial score (nSPS) is 21.7. The Balaban J connectivity index is 1.48. The number of amides is 4. The van der Waals surface area contributed by atoms with Crippen LogP contribution in [0, 0.1) is 5.92 Å². The van der Waals surface area contributed by atoms with Crippen molar-refractivity contribution in [1.29, 1.82) is 0 Å². The van der Waals surface area contributed by atoms with Crippen molar-refractivity contribution in [2.75, 3.05) is 45.7 Å². The van der Waals surface area contributed by atoms with Gasteiger partial charge in [0.05, 0.1) is 23.8 Å². The number of phenols is 1. The highest BCUT2D eigenvalue weighted by atomic mass is 35.5. The fraction of sp³-hybridized carbons (Fsp3) is 0.516. The Morgan fingerprint density at radius 3 is 2.44 bits per heavy atom. The van der Waals surface area contributed by atoms with E-state index >= 15 is 0 Å². The molecular weight excluding hydrogens is 591 g/mol. The van der Waals surface area contributed by atoms with E-state index in [4.69, 9.17) is 23.2 Å². The van der Waals surface area contributed by atoms with Gasteiger partial charge in [-0.15, -0.1) is 0 Å². The Bertz CT molecular complexity index is 1350. The standard InChI is InChI=1S/C31H40Cl2N6O4/c1-35(2)29-22(14-23(32)15-25(29)33)17-37-18-27-38(26(30(37)42)13-20-9-11-24(40)12-10-20)28(41)19-36(3)39(27)31(43)34-16-21-7-5-4-6-8-21/h9-12,14-15,21,26-27,40H,4-8,13,16-19H2,1-3H3,(H,34,43)/t26-,27?/m0/s1. The molecule has 2 N–H and O–H groups in total. The van der Waals surface area contributed by atoms with E-state index in [-0.39, 0.29) is 49.7 Å². The number of hydrogen-bond donors (Lipinski definition) is 2. The molecular formula is C31H40Cl2N6O4. The van der Waals surface area contributed by atoms with Crippen LogP contribution in [0.1, 0.15) is 43.2 Å². The molecule has 0 radical (unpaired) electrons. The molecule has 4 amide bonds. The van der Waals surface area contributed by atoms with Crippen LogP contribution in [0.25, 0.3) is 0 Å². The first-order valence-electron chi connectivity index (χ1n) is 14.8. The number of hydrogen-bond acceptors (Lipinski definition) is 6. The minimum Gasteiger partial charge on any atom is -0.508 e. The Hall–Kier alpha value is -3.21. The summed E-state index contributed by atoms with van der Waals surface area (Å²) in [5, 5.41) is 17.1. The van der Waals surface area contributed by atoms with Crippen LogP contribution in [0.4, 0.5) is 10.5 Å². The van der Waals surface area contributed by atoms with E-state index in [1.807, 2.05) is 19.0 Å². The van der Waals surface area contributed by atoms with Crippen LogP contribution in [0.15, 0.2) is 36.4 Å². The molecule has 2 atom stereocenters. The fourth-order valence-corrected chi connectivity index (χ4v) is 7.36. The summed E-state index contributed by atoms with van der Waals surface area (Å²) < 4.78 is 0. The number of anilines is 1. The van der Waals surface area contributed by atoms with Crippen LogP contribution in [-0.4, -0.2) is 95.8 Å². The molecule has 2 aromatic rings. The number of nitrogens with one attached hydrogen (secondary N) is 1. The number of nitrogens with zero attached hydrogens (tertiary/aromatic N) is 5. The number of piperazine rings is 1. The molecule has 2 saturated heterocycles. The topological polar surface area (TPSA) is 99.7 Å². The molecule has 0 aromatic heterocycles. The lowest BCUT2D eigenvalue weighted by molar-refractivity contribution is -0.187. The summed E-state index contributed by atoms with van der Waals surface area (Å²) in [5.41, 5.74) is 2.29. The van der Waals surface area contributed by atoms with Gasteiger partial charge >= 0.3 is 6.03 Å². The number of carbonyl (C=O) groups is 3. The molecule has 2 aliphatic heterocycles. The molecule has 2 aromatic carbocycles. The summed E-state index contributed by atoms with van der Waals surface area (Å²) in [4.78, 5) is 46.7. The number of aromatic hydroxyl groups is 1. The second kappa shape index (κ2) is 13.2. The monoisotopic (exact) mass is 630 g/mol. The van der Waals surface area contributed by atoms with E-state index in [0.717, 1.165) is 29.7 Å². The van der Waals surface area contributed by atoms with Crippen LogP contribution < -0.4 is 10.2 Å². The third-order valence-electron chi connectivity index (χ3n) is 8.70. The zero-order valence-corrected chi connectivity index (χ0v) is 26.4. The van der Waals surface area contributed by atoms with Gasteiger partial charge in [0, 0.05) is 45.7 Å². The summed E-state index contributed by atoms with van der Waals surface area (Å²) in [6.07, 6.45) is 5.29. The summed E-state index contributed by atoms with van der Waals surface area (Å²) in [7, 11) is 5.48. The average molecular weight is 632 g/mol. The van der Waals surface area contributed by atoms with Gasteiger partial charge in [0.1, 0.15) is 18.0 Å². The second-order valence-corrected chi connectivity index (χ2v) is 12.9. The van der Waals surface area contributed by atoms with Gasteiger partial charge < -0.3 is 25.1 Å². The highest BCUT2D eigenvalue weighted by molar-refractivity contribution is 6.36. The zero-order chi connectivity index (χ0) is 30.8. The van der Waals surface area contributed by atoms with Crippen molar-refractivity contribution in [3.8, 4) is 5.75 Å². The number of fused-ring (bicyclic) bond motifs is 1. The van der Waals surface area contributed by atoms with Gasteiger partial charge in [0.25, 0.3) is 0 Å². The maximum atomic E-state index is 14.2. The number of urea groups is 1. The molecule has 2 heterocycles. The molecule has 10 nitrogen and oxygen atoms in total. The highest BCUT2D eigenvalue weighted by Gasteiger charge is 2.50. The zero-order valence-electron chi connectivity index (χ0n) is 24.9. The molecule has 1 aliphatic carbocycles. The predicted octanol–water partition coefficient (Wildman–Crippen LogP) is 4.33. The molecule has 1 saturated carbocycles. The maximum Gasteiger partial charge on any atom is 0.333 e. The van der Waals surface area contributed by atoms with Gasteiger partial charge in [-0.3, -0.25) is 9.59 Å². The summed E-state index contributed by atoms with van der Waals surface area (Å²) in [6.45, 7) is 0.866. The first-order chi connectivity index (χ1) is 20.5. The van der Waals surface area contributed by atoms with E-state index in [2.05, 4.69) is 5.32 Å². The molecule has 232 valence electrons. The molecule has 1 unspecified atom stereocenters.